The van der Waals surface area contributed by atoms with Gasteiger partial charge in [-0.25, -0.2) is 4.39 Å². The molecule has 1 aromatic carbocycles. The molecule has 0 atom stereocenters. The summed E-state index contributed by atoms with van der Waals surface area (Å²) < 4.78 is 17.6. The maximum Gasteiger partial charge on any atom is 0.311 e. The van der Waals surface area contributed by atoms with Crippen molar-refractivity contribution in [3.8, 4) is 5.75 Å². The molecule has 1 rings (SSSR count). The molecule has 1 aromatic rings. The van der Waals surface area contributed by atoms with E-state index in [1.165, 1.54) is 6.07 Å². The number of halogens is 1. The van der Waals surface area contributed by atoms with Gasteiger partial charge >= 0.3 is 5.97 Å². The van der Waals surface area contributed by atoms with Crippen LogP contribution in [0.15, 0.2) is 18.2 Å². The summed E-state index contributed by atoms with van der Waals surface area (Å²) in [6.07, 6.45) is 1.39. The standard InChI is InChI=1S/C11H11FO3/c1-2-3-11(14)15-10-5-4-9(12)6-8(10)7-13/h4-7H,2-3H2,1H3. The number of hydrogen-bond donors (Lipinski definition) is 0. The smallest absolute Gasteiger partial charge is 0.311 e. The van der Waals surface area contributed by atoms with Crippen LogP contribution in [-0.2, 0) is 4.79 Å². The van der Waals surface area contributed by atoms with Gasteiger partial charge in [0.25, 0.3) is 0 Å². The van der Waals surface area contributed by atoms with Crippen LogP contribution in [0.2, 0.25) is 0 Å². The number of carbonyl (C=O) groups is 2. The number of benzene rings is 1. The van der Waals surface area contributed by atoms with Crippen molar-refractivity contribution >= 4 is 12.3 Å². The third-order valence-corrected chi connectivity index (χ3v) is 1.78. The molecule has 0 aliphatic heterocycles. The minimum atomic E-state index is -0.535. The molecule has 0 unspecified atom stereocenters. The monoisotopic (exact) mass is 210 g/mol. The van der Waals surface area contributed by atoms with E-state index in [1.807, 2.05) is 6.92 Å². The number of aldehydes is 1. The number of carbonyl (C=O) groups excluding carboxylic acids is 2. The number of esters is 1. The minimum Gasteiger partial charge on any atom is -0.426 e. The highest BCUT2D eigenvalue weighted by molar-refractivity contribution is 5.82. The van der Waals surface area contributed by atoms with Gasteiger partial charge in [0.15, 0.2) is 6.29 Å². The summed E-state index contributed by atoms with van der Waals surface area (Å²) in [6, 6.07) is 3.44. The fourth-order valence-electron chi connectivity index (χ4n) is 1.08. The first-order valence-electron chi connectivity index (χ1n) is 4.62. The molecule has 0 spiro atoms. The Morgan fingerprint density at radius 2 is 2.27 bits per heavy atom. The molecule has 0 amide bonds. The van der Waals surface area contributed by atoms with Crippen LogP contribution in [0, 0.1) is 5.82 Å². The lowest BCUT2D eigenvalue weighted by Gasteiger charge is -2.05. The largest absolute Gasteiger partial charge is 0.426 e. The van der Waals surface area contributed by atoms with Crippen molar-refractivity contribution in [2.24, 2.45) is 0 Å². The van der Waals surface area contributed by atoms with Crippen molar-refractivity contribution in [1.29, 1.82) is 0 Å². The van der Waals surface area contributed by atoms with E-state index in [1.54, 1.807) is 0 Å². The second kappa shape index (κ2) is 5.24. The van der Waals surface area contributed by atoms with Gasteiger partial charge in [0.2, 0.25) is 0 Å². The zero-order valence-corrected chi connectivity index (χ0v) is 8.33. The van der Waals surface area contributed by atoms with Crippen LogP contribution in [-0.4, -0.2) is 12.3 Å². The Bertz CT molecular complexity index is 374. The third kappa shape index (κ3) is 3.16. The zero-order valence-electron chi connectivity index (χ0n) is 8.33. The Morgan fingerprint density at radius 3 is 2.87 bits per heavy atom. The fraction of sp³-hybridized carbons (Fsp3) is 0.273. The summed E-state index contributed by atoms with van der Waals surface area (Å²) in [5, 5.41) is 0. The minimum absolute atomic E-state index is 0.0412. The lowest BCUT2D eigenvalue weighted by atomic mass is 10.2. The fourth-order valence-corrected chi connectivity index (χ4v) is 1.08. The lowest BCUT2D eigenvalue weighted by molar-refractivity contribution is -0.134. The Hall–Kier alpha value is -1.71. The van der Waals surface area contributed by atoms with E-state index in [2.05, 4.69) is 0 Å². The van der Waals surface area contributed by atoms with Crippen LogP contribution >= 0.6 is 0 Å². The summed E-state index contributed by atoms with van der Waals surface area (Å²) >= 11 is 0. The van der Waals surface area contributed by atoms with Crippen LogP contribution in [0.4, 0.5) is 4.39 Å². The zero-order chi connectivity index (χ0) is 11.3. The molecule has 3 nitrogen and oxygen atoms in total. The van der Waals surface area contributed by atoms with Crippen molar-refractivity contribution in [2.45, 2.75) is 19.8 Å². The molecule has 0 aromatic heterocycles. The maximum atomic E-state index is 12.7. The van der Waals surface area contributed by atoms with Gasteiger partial charge in [-0.2, -0.15) is 0 Å². The summed E-state index contributed by atoms with van der Waals surface area (Å²) in [4.78, 5) is 21.7. The highest BCUT2D eigenvalue weighted by atomic mass is 19.1. The molecule has 0 radical (unpaired) electrons. The van der Waals surface area contributed by atoms with Crippen molar-refractivity contribution < 1.29 is 18.7 Å². The van der Waals surface area contributed by atoms with Crippen LogP contribution in [0.25, 0.3) is 0 Å². The second-order valence-corrected chi connectivity index (χ2v) is 3.02. The molecule has 0 bridgehead atoms. The van der Waals surface area contributed by atoms with Crippen molar-refractivity contribution in [3.05, 3.63) is 29.6 Å². The normalized spacial score (nSPS) is 9.73. The molecule has 4 heteroatoms. The average Bonchev–Trinajstić information content (AvgIpc) is 2.21. The van der Waals surface area contributed by atoms with Gasteiger partial charge in [-0.1, -0.05) is 6.92 Å². The van der Waals surface area contributed by atoms with Gasteiger partial charge in [0.1, 0.15) is 11.6 Å². The topological polar surface area (TPSA) is 43.4 Å². The Balaban J connectivity index is 2.84. The predicted octanol–water partition coefficient (Wildman–Crippen LogP) is 2.34. The average molecular weight is 210 g/mol. The summed E-state index contributed by atoms with van der Waals surface area (Å²) in [5.74, 6) is -0.857. The molecule has 0 heterocycles. The number of hydrogen-bond acceptors (Lipinski definition) is 3. The van der Waals surface area contributed by atoms with Gasteiger partial charge < -0.3 is 4.74 Å². The third-order valence-electron chi connectivity index (χ3n) is 1.78. The Morgan fingerprint density at radius 1 is 1.53 bits per heavy atom. The van der Waals surface area contributed by atoms with E-state index in [-0.39, 0.29) is 17.7 Å². The van der Waals surface area contributed by atoms with Crippen LogP contribution in [0.1, 0.15) is 30.1 Å². The summed E-state index contributed by atoms with van der Waals surface area (Å²) in [7, 11) is 0. The van der Waals surface area contributed by atoms with Gasteiger partial charge in [-0.3, -0.25) is 9.59 Å². The first-order chi connectivity index (χ1) is 7.17. The highest BCUT2D eigenvalue weighted by Crippen LogP contribution is 2.18. The molecule has 15 heavy (non-hydrogen) atoms. The van der Waals surface area contributed by atoms with Gasteiger partial charge in [-0.05, 0) is 24.6 Å². The molecule has 0 aliphatic carbocycles. The van der Waals surface area contributed by atoms with E-state index in [4.69, 9.17) is 4.74 Å². The van der Waals surface area contributed by atoms with Crippen molar-refractivity contribution in [3.63, 3.8) is 0 Å². The Labute approximate surface area is 86.9 Å². The molecular weight excluding hydrogens is 199 g/mol. The van der Waals surface area contributed by atoms with E-state index in [0.29, 0.717) is 12.7 Å². The van der Waals surface area contributed by atoms with Crippen molar-refractivity contribution in [2.75, 3.05) is 0 Å². The number of ether oxygens (including phenoxy) is 1. The van der Waals surface area contributed by atoms with Crippen LogP contribution in [0.3, 0.4) is 0 Å². The summed E-state index contributed by atoms with van der Waals surface area (Å²) in [6.45, 7) is 1.84. The number of rotatable bonds is 4. The van der Waals surface area contributed by atoms with Gasteiger partial charge in [0, 0.05) is 6.42 Å². The lowest BCUT2D eigenvalue weighted by Crippen LogP contribution is -2.08. The van der Waals surface area contributed by atoms with Gasteiger partial charge in [-0.15, -0.1) is 0 Å². The molecule has 0 fully saturated rings. The first-order valence-corrected chi connectivity index (χ1v) is 4.62. The SMILES string of the molecule is CCCC(=O)Oc1ccc(F)cc1C=O. The van der Waals surface area contributed by atoms with E-state index < -0.39 is 11.8 Å². The predicted molar refractivity (Wildman–Crippen MR) is 52.3 cm³/mol. The molecule has 0 N–H and O–H groups in total. The maximum absolute atomic E-state index is 12.7. The molecule has 0 saturated heterocycles. The Kier molecular flexibility index (Phi) is 3.97. The highest BCUT2D eigenvalue weighted by Gasteiger charge is 2.08. The molecule has 0 saturated carbocycles. The second-order valence-electron chi connectivity index (χ2n) is 3.02. The van der Waals surface area contributed by atoms with Crippen LogP contribution < -0.4 is 4.74 Å². The van der Waals surface area contributed by atoms with Gasteiger partial charge in [0.05, 0.1) is 5.56 Å². The van der Waals surface area contributed by atoms with E-state index >= 15 is 0 Å². The van der Waals surface area contributed by atoms with E-state index in [0.717, 1.165) is 12.1 Å². The molecule has 80 valence electrons. The quantitative estimate of drug-likeness (QED) is 0.435. The molecule has 0 aliphatic rings. The van der Waals surface area contributed by atoms with Crippen molar-refractivity contribution in [1.82, 2.24) is 0 Å². The summed E-state index contributed by atoms with van der Waals surface area (Å²) in [5.41, 5.74) is 0.0412. The first kappa shape index (κ1) is 11.4. The molecular formula is C11H11FO3. The van der Waals surface area contributed by atoms with Crippen LogP contribution in [0.5, 0.6) is 5.75 Å². The van der Waals surface area contributed by atoms with E-state index in [9.17, 15) is 14.0 Å².